The molecular formula is C21H23N5O3. The average molecular weight is 393 g/mol. The monoisotopic (exact) mass is 393 g/mol. The normalized spacial score (nSPS) is 13.0. The van der Waals surface area contributed by atoms with Gasteiger partial charge in [-0.05, 0) is 37.6 Å². The molecule has 2 aromatic heterocycles. The average Bonchev–Trinajstić information content (AvgIpc) is 3.26. The van der Waals surface area contributed by atoms with Crippen LogP contribution in [-0.4, -0.2) is 25.9 Å². The smallest absolute Gasteiger partial charge is 0.331 e. The molecule has 0 aliphatic carbocycles. The van der Waals surface area contributed by atoms with E-state index >= 15 is 0 Å². The zero-order valence-electron chi connectivity index (χ0n) is 16.6. The summed E-state index contributed by atoms with van der Waals surface area (Å²) in [7, 11) is 1.60. The van der Waals surface area contributed by atoms with Crippen LogP contribution in [0.15, 0.2) is 58.8 Å². The van der Waals surface area contributed by atoms with Crippen LogP contribution < -0.4 is 21.0 Å². The molecular weight excluding hydrogens is 370 g/mol. The van der Waals surface area contributed by atoms with E-state index in [1.807, 2.05) is 60.2 Å². The lowest BCUT2D eigenvalue weighted by Crippen LogP contribution is -2.46. The first-order valence-electron chi connectivity index (χ1n) is 9.44. The van der Waals surface area contributed by atoms with Crippen LogP contribution in [0.1, 0.15) is 36.7 Å². The number of benzene rings is 1. The van der Waals surface area contributed by atoms with E-state index in [1.54, 1.807) is 30.3 Å². The summed E-state index contributed by atoms with van der Waals surface area (Å²) in [5, 5.41) is 1.90. The molecule has 3 aromatic rings. The third-order valence-corrected chi connectivity index (χ3v) is 5.04. The minimum atomic E-state index is -0.305. The Balaban J connectivity index is 1.80. The van der Waals surface area contributed by atoms with E-state index in [2.05, 4.69) is 4.98 Å². The molecule has 3 heterocycles. The van der Waals surface area contributed by atoms with Gasteiger partial charge in [-0.2, -0.15) is 0 Å². The highest BCUT2D eigenvalue weighted by atomic mass is 16.5. The van der Waals surface area contributed by atoms with Crippen molar-refractivity contribution in [2.24, 2.45) is 0 Å². The highest BCUT2D eigenvalue weighted by molar-refractivity contribution is 5.55. The van der Waals surface area contributed by atoms with Gasteiger partial charge in [0.25, 0.3) is 5.56 Å². The lowest BCUT2D eigenvalue weighted by molar-refractivity contribution is 0.414. The Hall–Kier alpha value is -3.55. The van der Waals surface area contributed by atoms with Gasteiger partial charge < -0.3 is 4.74 Å². The number of hydrogen-bond acceptors (Lipinski definition) is 5. The second-order valence-corrected chi connectivity index (χ2v) is 7.20. The fraction of sp³-hybridized carbons (Fsp3) is 0.286. The summed E-state index contributed by atoms with van der Waals surface area (Å²) in [5.41, 5.74) is 1.53. The maximum Gasteiger partial charge on any atom is 0.331 e. The van der Waals surface area contributed by atoms with Crippen molar-refractivity contribution in [1.82, 2.24) is 18.8 Å². The molecule has 0 bridgehead atoms. The molecule has 4 rings (SSSR count). The van der Waals surface area contributed by atoms with Crippen LogP contribution in [-0.2, 0) is 13.1 Å². The Labute approximate surface area is 167 Å². The lowest BCUT2D eigenvalue weighted by atomic mass is 10.1. The largest absolute Gasteiger partial charge is 0.497 e. The SMILES string of the molecule is COc1ccc(Cn2c(=O)c3c(n(C(C)C)c2=O)CN(n2ccnc2)C=C3)cc1. The van der Waals surface area contributed by atoms with Crippen LogP contribution in [0.3, 0.4) is 0 Å². The molecule has 8 nitrogen and oxygen atoms in total. The minimum Gasteiger partial charge on any atom is -0.497 e. The van der Waals surface area contributed by atoms with E-state index in [0.717, 1.165) is 11.3 Å². The van der Waals surface area contributed by atoms with E-state index < -0.39 is 0 Å². The van der Waals surface area contributed by atoms with Crippen LogP contribution in [0.5, 0.6) is 5.75 Å². The van der Waals surface area contributed by atoms with Gasteiger partial charge in [-0.1, -0.05) is 12.1 Å². The maximum absolute atomic E-state index is 13.3. The molecule has 0 spiro atoms. The van der Waals surface area contributed by atoms with Gasteiger partial charge in [-0.25, -0.2) is 14.5 Å². The highest BCUT2D eigenvalue weighted by Crippen LogP contribution is 2.18. The number of hydrogen-bond donors (Lipinski definition) is 0. The molecule has 0 saturated heterocycles. The van der Waals surface area contributed by atoms with Crippen LogP contribution in [0.25, 0.3) is 6.08 Å². The molecule has 0 atom stereocenters. The lowest BCUT2D eigenvalue weighted by Gasteiger charge is -2.29. The molecule has 29 heavy (non-hydrogen) atoms. The molecule has 1 aliphatic heterocycles. The van der Waals surface area contributed by atoms with Crippen LogP contribution >= 0.6 is 0 Å². The van der Waals surface area contributed by atoms with Crippen molar-refractivity contribution in [2.75, 3.05) is 12.1 Å². The van der Waals surface area contributed by atoms with Gasteiger partial charge in [0.15, 0.2) is 0 Å². The quantitative estimate of drug-likeness (QED) is 0.663. The topological polar surface area (TPSA) is 74.3 Å². The van der Waals surface area contributed by atoms with Crippen molar-refractivity contribution in [1.29, 1.82) is 0 Å². The Bertz CT molecular complexity index is 1150. The molecule has 0 N–H and O–H groups in total. The summed E-state index contributed by atoms with van der Waals surface area (Å²) in [4.78, 5) is 30.5. The maximum atomic E-state index is 13.3. The van der Waals surface area contributed by atoms with Gasteiger partial charge in [-0.3, -0.25) is 18.9 Å². The van der Waals surface area contributed by atoms with E-state index in [-0.39, 0.29) is 23.8 Å². The second kappa shape index (κ2) is 7.46. The number of methoxy groups -OCH3 is 1. The highest BCUT2D eigenvalue weighted by Gasteiger charge is 2.23. The molecule has 0 saturated carbocycles. The molecule has 8 heteroatoms. The number of nitrogens with zero attached hydrogens (tertiary/aromatic N) is 5. The van der Waals surface area contributed by atoms with Gasteiger partial charge >= 0.3 is 5.69 Å². The van der Waals surface area contributed by atoms with Crippen LogP contribution in [0.4, 0.5) is 0 Å². The molecule has 150 valence electrons. The molecule has 1 aliphatic rings. The van der Waals surface area contributed by atoms with Gasteiger partial charge in [0.2, 0.25) is 0 Å². The Kier molecular flexibility index (Phi) is 4.84. The third kappa shape index (κ3) is 3.37. The fourth-order valence-electron chi connectivity index (χ4n) is 3.57. The zero-order chi connectivity index (χ0) is 20.5. The summed E-state index contributed by atoms with van der Waals surface area (Å²) in [6.45, 7) is 4.52. The molecule has 0 amide bonds. The standard InChI is InChI=1S/C21H23N5O3/c1-15(2)26-19-13-23(24-11-9-22-14-24)10-8-18(19)20(27)25(21(26)28)12-16-4-6-17(29-3)7-5-16/h4-11,14-15H,12-13H2,1-3H3. The molecule has 0 radical (unpaired) electrons. The Morgan fingerprint density at radius 1 is 1.17 bits per heavy atom. The summed E-state index contributed by atoms with van der Waals surface area (Å²) in [6, 6.07) is 7.28. The summed E-state index contributed by atoms with van der Waals surface area (Å²) in [5.74, 6) is 0.730. The second-order valence-electron chi connectivity index (χ2n) is 7.20. The van der Waals surface area contributed by atoms with Crippen molar-refractivity contribution in [3.8, 4) is 5.75 Å². The van der Waals surface area contributed by atoms with E-state index in [0.29, 0.717) is 17.8 Å². The summed E-state index contributed by atoms with van der Waals surface area (Å²) in [6.07, 6.45) is 8.78. The molecule has 1 aromatic carbocycles. The van der Waals surface area contributed by atoms with Crippen LogP contribution in [0, 0.1) is 0 Å². The first-order valence-corrected chi connectivity index (χ1v) is 9.44. The summed E-state index contributed by atoms with van der Waals surface area (Å²) < 4.78 is 10.0. The van der Waals surface area contributed by atoms with Gasteiger partial charge in [0, 0.05) is 24.6 Å². The number of fused-ring (bicyclic) bond motifs is 1. The van der Waals surface area contributed by atoms with E-state index in [4.69, 9.17) is 4.74 Å². The Morgan fingerprint density at radius 2 is 1.93 bits per heavy atom. The van der Waals surface area contributed by atoms with Crippen molar-refractivity contribution < 1.29 is 4.74 Å². The first kappa shape index (κ1) is 18.8. The predicted molar refractivity (Wildman–Crippen MR) is 111 cm³/mol. The van der Waals surface area contributed by atoms with Crippen molar-refractivity contribution >= 4 is 6.08 Å². The number of rotatable bonds is 5. The molecule has 0 unspecified atom stereocenters. The first-order chi connectivity index (χ1) is 14.0. The predicted octanol–water partition coefficient (Wildman–Crippen LogP) is 1.97. The fourth-order valence-corrected chi connectivity index (χ4v) is 3.57. The summed E-state index contributed by atoms with van der Waals surface area (Å²) >= 11 is 0. The third-order valence-electron chi connectivity index (χ3n) is 5.04. The van der Waals surface area contributed by atoms with Gasteiger partial charge in [0.05, 0.1) is 31.5 Å². The van der Waals surface area contributed by atoms with Crippen molar-refractivity contribution in [3.05, 3.63) is 86.8 Å². The molecule has 0 fully saturated rings. The van der Waals surface area contributed by atoms with Crippen molar-refractivity contribution in [2.45, 2.75) is 33.0 Å². The minimum absolute atomic E-state index is 0.0879. The van der Waals surface area contributed by atoms with Gasteiger partial charge in [0.1, 0.15) is 12.1 Å². The number of imidazole rings is 1. The van der Waals surface area contributed by atoms with Crippen LogP contribution in [0.2, 0.25) is 0 Å². The Morgan fingerprint density at radius 3 is 2.55 bits per heavy atom. The number of aromatic nitrogens is 4. The van der Waals surface area contributed by atoms with Gasteiger partial charge in [-0.15, -0.1) is 0 Å². The van der Waals surface area contributed by atoms with E-state index in [9.17, 15) is 9.59 Å². The van der Waals surface area contributed by atoms with Crippen molar-refractivity contribution in [3.63, 3.8) is 0 Å². The van der Waals surface area contributed by atoms with E-state index in [1.165, 1.54) is 4.57 Å². The zero-order valence-corrected chi connectivity index (χ0v) is 16.6. The number of ether oxygens (including phenoxy) is 1.